The van der Waals surface area contributed by atoms with Gasteiger partial charge >= 0.3 is 12.6 Å². The Labute approximate surface area is 151 Å². The van der Waals surface area contributed by atoms with E-state index in [2.05, 4.69) is 10.1 Å². The van der Waals surface area contributed by atoms with Crippen molar-refractivity contribution in [2.45, 2.75) is 6.61 Å². The van der Waals surface area contributed by atoms with Crippen molar-refractivity contribution in [2.24, 2.45) is 0 Å². The Hall–Kier alpha value is -2.38. The van der Waals surface area contributed by atoms with E-state index in [1.54, 1.807) is 0 Å². The summed E-state index contributed by atoms with van der Waals surface area (Å²) in [4.78, 5) is 23.6. The van der Waals surface area contributed by atoms with Crippen LogP contribution in [0.4, 0.5) is 14.5 Å². The molecule has 0 saturated carbocycles. The summed E-state index contributed by atoms with van der Waals surface area (Å²) >= 11 is 11.6. The first-order chi connectivity index (χ1) is 11.8. The Balaban J connectivity index is 1.92. The van der Waals surface area contributed by atoms with Crippen molar-refractivity contribution in [3.63, 3.8) is 0 Å². The predicted molar refractivity (Wildman–Crippen MR) is 88.4 cm³/mol. The number of alkyl halides is 2. The van der Waals surface area contributed by atoms with Crippen LogP contribution in [-0.2, 0) is 9.53 Å². The number of carbonyl (C=O) groups excluding carboxylic acids is 2. The number of ether oxygens (including phenoxy) is 2. The second kappa shape index (κ2) is 8.64. The quantitative estimate of drug-likeness (QED) is 0.744. The van der Waals surface area contributed by atoms with Gasteiger partial charge in [-0.1, -0.05) is 29.3 Å². The van der Waals surface area contributed by atoms with Gasteiger partial charge < -0.3 is 14.8 Å². The molecule has 1 amide bonds. The fourth-order valence-corrected chi connectivity index (χ4v) is 2.36. The highest BCUT2D eigenvalue weighted by Gasteiger charge is 2.13. The molecule has 1 N–H and O–H groups in total. The third-order valence-corrected chi connectivity index (χ3v) is 3.21. The van der Waals surface area contributed by atoms with Gasteiger partial charge in [0, 0.05) is 15.7 Å². The minimum atomic E-state index is -3.01. The van der Waals surface area contributed by atoms with Gasteiger partial charge in [-0.15, -0.1) is 0 Å². The van der Waals surface area contributed by atoms with Gasteiger partial charge in [-0.2, -0.15) is 8.78 Å². The first-order valence-corrected chi connectivity index (χ1v) is 7.57. The first-order valence-electron chi connectivity index (χ1n) is 6.81. The molecule has 132 valence electrons. The fraction of sp³-hybridized carbons (Fsp3) is 0.125. The topological polar surface area (TPSA) is 64.6 Å². The Morgan fingerprint density at radius 2 is 1.76 bits per heavy atom. The molecule has 25 heavy (non-hydrogen) atoms. The fourth-order valence-electron chi connectivity index (χ4n) is 1.84. The second-order valence-corrected chi connectivity index (χ2v) is 5.56. The monoisotopic (exact) mass is 389 g/mol. The number of esters is 1. The summed E-state index contributed by atoms with van der Waals surface area (Å²) in [5.74, 6) is -1.67. The average molecular weight is 390 g/mol. The molecule has 0 bridgehead atoms. The van der Waals surface area contributed by atoms with Gasteiger partial charge in [-0.3, -0.25) is 4.79 Å². The molecule has 2 aromatic carbocycles. The van der Waals surface area contributed by atoms with Gasteiger partial charge in [-0.05, 0) is 36.4 Å². The molecule has 0 aliphatic rings. The molecular weight excluding hydrogens is 379 g/mol. The van der Waals surface area contributed by atoms with Crippen LogP contribution in [0, 0.1) is 0 Å². The van der Waals surface area contributed by atoms with Gasteiger partial charge in [0.1, 0.15) is 5.75 Å². The molecule has 5 nitrogen and oxygen atoms in total. The first kappa shape index (κ1) is 19.0. The third kappa shape index (κ3) is 6.21. The van der Waals surface area contributed by atoms with E-state index in [9.17, 15) is 18.4 Å². The SMILES string of the molecule is O=C(COC(=O)c1cccc(OC(F)F)c1)Nc1cc(Cl)cc(Cl)c1. The Morgan fingerprint density at radius 1 is 1.08 bits per heavy atom. The highest BCUT2D eigenvalue weighted by molar-refractivity contribution is 6.35. The molecule has 0 unspecified atom stereocenters. The second-order valence-electron chi connectivity index (χ2n) is 4.69. The summed E-state index contributed by atoms with van der Waals surface area (Å²) in [7, 11) is 0. The molecule has 2 rings (SSSR count). The maximum atomic E-state index is 12.2. The average Bonchev–Trinajstić information content (AvgIpc) is 2.51. The number of hydrogen-bond donors (Lipinski definition) is 1. The van der Waals surface area contributed by atoms with Gasteiger partial charge in [0.15, 0.2) is 6.61 Å². The normalized spacial score (nSPS) is 10.4. The lowest BCUT2D eigenvalue weighted by atomic mass is 10.2. The molecule has 0 radical (unpaired) electrons. The van der Waals surface area contributed by atoms with Gasteiger partial charge in [-0.25, -0.2) is 4.79 Å². The van der Waals surface area contributed by atoms with Crippen LogP contribution >= 0.6 is 23.2 Å². The zero-order chi connectivity index (χ0) is 18.4. The Kier molecular flexibility index (Phi) is 6.55. The van der Waals surface area contributed by atoms with Crippen LogP contribution in [0.3, 0.4) is 0 Å². The van der Waals surface area contributed by atoms with E-state index in [0.717, 1.165) is 6.07 Å². The van der Waals surface area contributed by atoms with E-state index in [-0.39, 0.29) is 11.3 Å². The van der Waals surface area contributed by atoms with E-state index in [1.165, 1.54) is 36.4 Å². The number of rotatable bonds is 6. The minimum Gasteiger partial charge on any atom is -0.452 e. The van der Waals surface area contributed by atoms with Crippen molar-refractivity contribution in [1.82, 2.24) is 0 Å². The molecule has 9 heteroatoms. The highest BCUT2D eigenvalue weighted by atomic mass is 35.5. The molecule has 0 aromatic heterocycles. The van der Waals surface area contributed by atoms with Gasteiger partial charge in [0.05, 0.1) is 5.56 Å². The molecule has 0 aliphatic heterocycles. The third-order valence-electron chi connectivity index (χ3n) is 2.78. The zero-order valence-corrected chi connectivity index (χ0v) is 14.0. The van der Waals surface area contributed by atoms with E-state index in [4.69, 9.17) is 27.9 Å². The number of benzene rings is 2. The maximum Gasteiger partial charge on any atom is 0.387 e. The minimum absolute atomic E-state index is 0.0308. The molecular formula is C16H11Cl2F2NO4. The smallest absolute Gasteiger partial charge is 0.387 e. The Morgan fingerprint density at radius 3 is 2.40 bits per heavy atom. The largest absolute Gasteiger partial charge is 0.452 e. The van der Waals surface area contributed by atoms with E-state index < -0.39 is 25.1 Å². The van der Waals surface area contributed by atoms with Gasteiger partial charge in [0.25, 0.3) is 5.91 Å². The zero-order valence-electron chi connectivity index (χ0n) is 12.5. The van der Waals surface area contributed by atoms with Crippen LogP contribution in [0.1, 0.15) is 10.4 Å². The van der Waals surface area contributed by atoms with Crippen LogP contribution in [0.25, 0.3) is 0 Å². The molecule has 0 aliphatic carbocycles. The summed E-state index contributed by atoms with van der Waals surface area (Å²) in [6, 6.07) is 9.48. The summed E-state index contributed by atoms with van der Waals surface area (Å²) in [5, 5.41) is 3.12. The summed E-state index contributed by atoms with van der Waals surface area (Å²) in [5.41, 5.74) is 0.308. The van der Waals surface area contributed by atoms with Crippen LogP contribution in [0.15, 0.2) is 42.5 Å². The molecule has 0 spiro atoms. The molecule has 0 atom stereocenters. The number of halogens is 4. The van der Waals surface area contributed by atoms with Crippen molar-refractivity contribution in [3.8, 4) is 5.75 Å². The standard InChI is InChI=1S/C16H11Cl2F2NO4/c17-10-5-11(18)7-12(6-10)21-14(22)8-24-15(23)9-2-1-3-13(4-9)25-16(19)20/h1-7,16H,8H2,(H,21,22). The van der Waals surface area contributed by atoms with Crippen LogP contribution in [0.2, 0.25) is 10.0 Å². The van der Waals surface area contributed by atoms with E-state index >= 15 is 0 Å². The molecule has 0 fully saturated rings. The van der Waals surface area contributed by atoms with Crippen molar-refractivity contribution < 1.29 is 27.8 Å². The maximum absolute atomic E-state index is 12.2. The van der Waals surface area contributed by atoms with Crippen molar-refractivity contribution in [2.75, 3.05) is 11.9 Å². The highest BCUT2D eigenvalue weighted by Crippen LogP contribution is 2.22. The number of hydrogen-bond acceptors (Lipinski definition) is 4. The van der Waals surface area contributed by atoms with Gasteiger partial charge in [0.2, 0.25) is 0 Å². The van der Waals surface area contributed by atoms with E-state index in [1.807, 2.05) is 0 Å². The number of nitrogens with one attached hydrogen (secondary N) is 1. The lowest BCUT2D eigenvalue weighted by molar-refractivity contribution is -0.119. The lowest BCUT2D eigenvalue weighted by Crippen LogP contribution is -2.21. The van der Waals surface area contributed by atoms with Crippen molar-refractivity contribution in [1.29, 1.82) is 0 Å². The van der Waals surface area contributed by atoms with Crippen molar-refractivity contribution in [3.05, 3.63) is 58.1 Å². The summed E-state index contributed by atoms with van der Waals surface area (Å²) in [6.45, 7) is -3.59. The number of anilines is 1. The molecule has 0 saturated heterocycles. The number of carbonyl (C=O) groups is 2. The van der Waals surface area contributed by atoms with Crippen LogP contribution < -0.4 is 10.1 Å². The summed E-state index contributed by atoms with van der Waals surface area (Å²) in [6.07, 6.45) is 0. The number of amides is 1. The lowest BCUT2D eigenvalue weighted by Gasteiger charge is -2.08. The Bertz CT molecular complexity index is 766. The summed E-state index contributed by atoms with van der Waals surface area (Å²) < 4.78 is 33.3. The van der Waals surface area contributed by atoms with E-state index in [0.29, 0.717) is 15.7 Å². The molecule has 2 aromatic rings. The van der Waals surface area contributed by atoms with Crippen LogP contribution in [-0.4, -0.2) is 25.1 Å². The predicted octanol–water partition coefficient (Wildman–Crippen LogP) is 4.39. The van der Waals surface area contributed by atoms with Crippen LogP contribution in [0.5, 0.6) is 5.75 Å². The van der Waals surface area contributed by atoms with Crippen molar-refractivity contribution >= 4 is 40.8 Å². The molecule has 0 heterocycles.